The number of benzene rings is 6. The first-order valence-electron chi connectivity index (χ1n) is 14.1. The first-order chi connectivity index (χ1) is 20.8. The van der Waals surface area contributed by atoms with Crippen molar-refractivity contribution >= 4 is 34.1 Å². The summed E-state index contributed by atoms with van der Waals surface area (Å²) < 4.78 is 14.6. The van der Waals surface area contributed by atoms with Crippen molar-refractivity contribution in [2.24, 2.45) is 0 Å². The number of hydrogen-bond donors (Lipinski definition) is 0. The third-order valence-electron chi connectivity index (χ3n) is 7.23. The molecule has 206 valence electrons. The molecule has 0 atom stereocenters. The Hall–Kier alpha value is -4.61. The van der Waals surface area contributed by atoms with Crippen LogP contribution in [0.25, 0.3) is 0 Å². The Morgan fingerprint density at radius 1 is 0.310 bits per heavy atom. The number of para-hydroxylation sites is 6. The second-order valence-electron chi connectivity index (χ2n) is 9.80. The summed E-state index contributed by atoms with van der Waals surface area (Å²) in [6.45, 7) is 0. The van der Waals surface area contributed by atoms with E-state index in [0.29, 0.717) is 0 Å². The Kier molecular flexibility index (Phi) is 8.48. The van der Waals surface area contributed by atoms with E-state index in [2.05, 4.69) is 192 Å². The Morgan fingerprint density at radius 2 is 0.476 bits per heavy atom. The second-order valence-corrected chi connectivity index (χ2v) is 14.3. The number of anilines is 6. The topological polar surface area (TPSA) is 19.0 Å². The SMILES string of the molecule is C[O][Ti]([N](c1ccccc1)c1ccccc1)([N](c1ccccc1)c1ccccc1)[N](c1ccccc1)c1ccccc1. The normalized spacial score (nSPS) is 11.1. The van der Waals surface area contributed by atoms with Gasteiger partial charge in [-0.3, -0.25) is 0 Å². The molecule has 4 nitrogen and oxygen atoms in total. The fourth-order valence-corrected chi connectivity index (χ4v) is 11.8. The van der Waals surface area contributed by atoms with E-state index >= 15 is 0 Å². The van der Waals surface area contributed by atoms with Crippen molar-refractivity contribution in [1.29, 1.82) is 0 Å². The van der Waals surface area contributed by atoms with Gasteiger partial charge in [-0.1, -0.05) is 0 Å². The molecule has 0 aliphatic carbocycles. The number of hydrogen-bond acceptors (Lipinski definition) is 4. The molecule has 6 rings (SSSR count). The molecule has 0 aromatic heterocycles. The minimum absolute atomic E-state index is 1.05. The molecule has 42 heavy (non-hydrogen) atoms. The van der Waals surface area contributed by atoms with Crippen LogP contribution in [0, 0.1) is 0 Å². The Balaban J connectivity index is 1.78. The van der Waals surface area contributed by atoms with Crippen molar-refractivity contribution in [2.75, 3.05) is 17.3 Å². The average molecular weight is 584 g/mol. The van der Waals surface area contributed by atoms with Crippen LogP contribution in [0.3, 0.4) is 0 Å². The molecule has 6 aromatic carbocycles. The van der Waals surface area contributed by atoms with E-state index in [9.17, 15) is 0 Å². The maximum absolute atomic E-state index is 7.22. The summed E-state index contributed by atoms with van der Waals surface area (Å²) in [6, 6.07) is 63.6. The van der Waals surface area contributed by atoms with E-state index in [1.807, 2.05) is 7.11 Å². The van der Waals surface area contributed by atoms with Gasteiger partial charge in [0.25, 0.3) is 0 Å². The summed E-state index contributed by atoms with van der Waals surface area (Å²) in [6.07, 6.45) is 0. The van der Waals surface area contributed by atoms with Crippen molar-refractivity contribution in [3.63, 3.8) is 0 Å². The Morgan fingerprint density at radius 3 is 0.619 bits per heavy atom. The molecule has 0 radical (unpaired) electrons. The molecule has 0 spiro atoms. The molecular weight excluding hydrogens is 550 g/mol. The molecule has 0 aliphatic heterocycles. The zero-order chi connectivity index (χ0) is 28.6. The van der Waals surface area contributed by atoms with Crippen LogP contribution in [-0.2, 0) is 21.1 Å². The van der Waals surface area contributed by atoms with Crippen LogP contribution in [0.4, 0.5) is 34.1 Å². The van der Waals surface area contributed by atoms with E-state index in [1.54, 1.807) is 0 Å². The third-order valence-corrected chi connectivity index (χ3v) is 13.2. The summed E-state index contributed by atoms with van der Waals surface area (Å²) >= 11 is -4.41. The van der Waals surface area contributed by atoms with Gasteiger partial charge in [0.2, 0.25) is 0 Å². The zero-order valence-corrected chi connectivity index (χ0v) is 25.1. The zero-order valence-electron chi connectivity index (χ0n) is 23.6. The van der Waals surface area contributed by atoms with Crippen molar-refractivity contribution in [3.8, 4) is 0 Å². The van der Waals surface area contributed by atoms with Crippen LogP contribution >= 0.6 is 0 Å². The van der Waals surface area contributed by atoms with E-state index in [1.165, 1.54) is 0 Å². The van der Waals surface area contributed by atoms with Crippen LogP contribution in [0.5, 0.6) is 0 Å². The molecular formula is C37H33N3OTi. The second kappa shape index (κ2) is 12.9. The van der Waals surface area contributed by atoms with Crippen LogP contribution in [0.15, 0.2) is 182 Å². The summed E-state index contributed by atoms with van der Waals surface area (Å²) in [5.41, 5.74) is 6.33. The van der Waals surface area contributed by atoms with Gasteiger partial charge in [0.15, 0.2) is 0 Å². The van der Waals surface area contributed by atoms with Crippen LogP contribution in [-0.4, -0.2) is 7.11 Å². The standard InChI is InChI=1S/3C12H10N.CH3O.Ti/c3*1-3-7-11(8-4-1)13-12-9-5-2-6-10-12;1-2;/h3*1-10H;1H3;/q4*-1;+4. The molecule has 5 heteroatoms. The van der Waals surface area contributed by atoms with Crippen LogP contribution in [0.1, 0.15) is 0 Å². The average Bonchev–Trinajstić information content (AvgIpc) is 3.08. The summed E-state index contributed by atoms with van der Waals surface area (Å²) in [7, 11) is 1.87. The van der Waals surface area contributed by atoms with Gasteiger partial charge in [-0.25, -0.2) is 0 Å². The molecule has 0 N–H and O–H groups in total. The summed E-state index contributed by atoms with van der Waals surface area (Å²) in [5.74, 6) is 0. The van der Waals surface area contributed by atoms with Crippen LogP contribution < -0.4 is 10.1 Å². The van der Waals surface area contributed by atoms with Gasteiger partial charge < -0.3 is 0 Å². The van der Waals surface area contributed by atoms with Gasteiger partial charge >= 0.3 is 254 Å². The predicted molar refractivity (Wildman–Crippen MR) is 172 cm³/mol. The maximum atomic E-state index is 7.22. The first kappa shape index (κ1) is 27.6. The minimum atomic E-state index is -4.41. The number of rotatable bonds is 10. The van der Waals surface area contributed by atoms with Gasteiger partial charge in [0.1, 0.15) is 0 Å². The quantitative estimate of drug-likeness (QED) is 0.149. The molecule has 0 amide bonds. The van der Waals surface area contributed by atoms with E-state index < -0.39 is 17.7 Å². The van der Waals surface area contributed by atoms with Crippen molar-refractivity contribution in [2.45, 2.75) is 0 Å². The third kappa shape index (κ3) is 5.36. The molecule has 0 bridgehead atoms. The molecule has 6 aromatic rings. The van der Waals surface area contributed by atoms with Gasteiger partial charge in [0.05, 0.1) is 0 Å². The van der Waals surface area contributed by atoms with Gasteiger partial charge in [-0.05, 0) is 0 Å². The summed E-state index contributed by atoms with van der Waals surface area (Å²) in [5, 5.41) is 0. The predicted octanol–water partition coefficient (Wildman–Crippen LogP) is 9.96. The number of nitrogens with zero attached hydrogens (tertiary/aromatic N) is 3. The fraction of sp³-hybridized carbons (Fsp3) is 0.0270. The van der Waals surface area contributed by atoms with Crippen molar-refractivity contribution < 1.29 is 21.1 Å². The van der Waals surface area contributed by atoms with Crippen molar-refractivity contribution in [3.05, 3.63) is 182 Å². The van der Waals surface area contributed by atoms with E-state index in [-0.39, 0.29) is 0 Å². The molecule has 0 fully saturated rings. The Bertz CT molecular complexity index is 1340. The van der Waals surface area contributed by atoms with Gasteiger partial charge in [0, 0.05) is 0 Å². The van der Waals surface area contributed by atoms with Crippen molar-refractivity contribution in [1.82, 2.24) is 0 Å². The van der Waals surface area contributed by atoms with Gasteiger partial charge in [-0.15, -0.1) is 0 Å². The molecule has 0 saturated heterocycles. The van der Waals surface area contributed by atoms with E-state index in [4.69, 9.17) is 3.32 Å². The Labute approximate surface area is 253 Å². The molecule has 0 heterocycles. The van der Waals surface area contributed by atoms with E-state index in [0.717, 1.165) is 34.1 Å². The van der Waals surface area contributed by atoms with Gasteiger partial charge in [-0.2, -0.15) is 0 Å². The fourth-order valence-electron chi connectivity index (χ4n) is 5.49. The molecule has 0 saturated carbocycles. The molecule has 0 unspecified atom stereocenters. The summed E-state index contributed by atoms with van der Waals surface area (Å²) in [4.78, 5) is 0. The monoisotopic (exact) mass is 583 g/mol. The van der Waals surface area contributed by atoms with Crippen LogP contribution in [0.2, 0.25) is 0 Å². The first-order valence-corrected chi connectivity index (χ1v) is 16.8. The molecule has 0 aliphatic rings.